The van der Waals surface area contributed by atoms with Crippen LogP contribution >= 0.6 is 0 Å². The van der Waals surface area contributed by atoms with Crippen molar-refractivity contribution < 1.29 is 19.1 Å². The normalized spacial score (nSPS) is 10.2. The maximum absolute atomic E-state index is 12.2. The van der Waals surface area contributed by atoms with Gasteiger partial charge in [-0.25, -0.2) is 0 Å². The first-order valence-corrected chi connectivity index (χ1v) is 9.31. The molecule has 0 unspecified atom stereocenters. The van der Waals surface area contributed by atoms with Crippen molar-refractivity contribution >= 4 is 23.5 Å². The van der Waals surface area contributed by atoms with Crippen molar-refractivity contribution in [1.82, 2.24) is 4.90 Å². The van der Waals surface area contributed by atoms with E-state index in [9.17, 15) is 14.4 Å². The van der Waals surface area contributed by atoms with E-state index >= 15 is 0 Å². The number of anilines is 1. The second-order valence-electron chi connectivity index (χ2n) is 6.45. The predicted octanol–water partition coefficient (Wildman–Crippen LogP) is 2.82. The fourth-order valence-corrected chi connectivity index (χ4v) is 2.66. The molecular formula is C22H26N2O4. The first kappa shape index (κ1) is 21.2. The first-order chi connectivity index (χ1) is 13.5. The largest absolute Gasteiger partial charge is 0.456 e. The summed E-state index contributed by atoms with van der Waals surface area (Å²) < 4.78 is 5.02. The van der Waals surface area contributed by atoms with Gasteiger partial charge in [-0.3, -0.25) is 14.4 Å². The van der Waals surface area contributed by atoms with Gasteiger partial charge in [0.1, 0.15) is 0 Å². The van der Waals surface area contributed by atoms with Crippen molar-refractivity contribution in [3.05, 3.63) is 65.7 Å². The zero-order chi connectivity index (χ0) is 20.4. The lowest BCUT2D eigenvalue weighted by Gasteiger charge is -2.17. The summed E-state index contributed by atoms with van der Waals surface area (Å²) in [6.07, 6.45) is 1.56. The van der Waals surface area contributed by atoms with Gasteiger partial charge >= 0.3 is 5.97 Å². The van der Waals surface area contributed by atoms with Crippen molar-refractivity contribution in [2.45, 2.75) is 26.2 Å². The quantitative estimate of drug-likeness (QED) is 0.677. The number of rotatable bonds is 9. The molecule has 2 aromatic rings. The van der Waals surface area contributed by atoms with Crippen molar-refractivity contribution in [2.24, 2.45) is 0 Å². The van der Waals surface area contributed by atoms with Crippen LogP contribution in [0.1, 0.15) is 24.5 Å². The van der Waals surface area contributed by atoms with Gasteiger partial charge in [0.05, 0.1) is 6.54 Å². The summed E-state index contributed by atoms with van der Waals surface area (Å²) in [6, 6.07) is 17.1. The molecule has 2 rings (SSSR count). The van der Waals surface area contributed by atoms with Crippen molar-refractivity contribution in [3.63, 3.8) is 0 Å². The fraction of sp³-hybridized carbons (Fsp3) is 0.318. The molecule has 0 bridgehead atoms. The molecule has 2 aromatic carbocycles. The average molecular weight is 382 g/mol. The Morgan fingerprint density at radius 1 is 1.00 bits per heavy atom. The Kier molecular flexibility index (Phi) is 8.21. The van der Waals surface area contributed by atoms with Gasteiger partial charge in [0, 0.05) is 19.2 Å². The monoisotopic (exact) mass is 382 g/mol. The van der Waals surface area contributed by atoms with E-state index in [1.54, 1.807) is 0 Å². The Hall–Kier alpha value is -3.15. The van der Waals surface area contributed by atoms with Gasteiger partial charge in [0.25, 0.3) is 5.91 Å². The van der Waals surface area contributed by atoms with Gasteiger partial charge in [-0.2, -0.15) is 0 Å². The second kappa shape index (κ2) is 10.9. The van der Waals surface area contributed by atoms with Crippen LogP contribution in [-0.4, -0.2) is 42.9 Å². The van der Waals surface area contributed by atoms with Gasteiger partial charge in [-0.1, -0.05) is 55.5 Å². The lowest BCUT2D eigenvalue weighted by atomic mass is 10.1. The second-order valence-corrected chi connectivity index (χ2v) is 6.45. The Morgan fingerprint density at radius 3 is 2.39 bits per heavy atom. The third-order valence-corrected chi connectivity index (χ3v) is 4.30. The molecule has 0 atom stereocenters. The zero-order valence-electron chi connectivity index (χ0n) is 16.3. The van der Waals surface area contributed by atoms with Gasteiger partial charge in [0.15, 0.2) is 6.61 Å². The molecule has 6 heteroatoms. The highest BCUT2D eigenvalue weighted by atomic mass is 16.5. The molecule has 0 aliphatic rings. The molecule has 0 radical (unpaired) electrons. The van der Waals surface area contributed by atoms with E-state index in [0.717, 1.165) is 23.2 Å². The Labute approximate surface area is 165 Å². The van der Waals surface area contributed by atoms with E-state index in [-0.39, 0.29) is 25.5 Å². The molecule has 1 N–H and O–H groups in total. The van der Waals surface area contributed by atoms with E-state index in [2.05, 4.69) is 5.32 Å². The average Bonchev–Trinajstić information content (AvgIpc) is 2.71. The number of amides is 2. The van der Waals surface area contributed by atoms with Crippen LogP contribution in [0.4, 0.5) is 5.69 Å². The predicted molar refractivity (Wildman–Crippen MR) is 108 cm³/mol. The zero-order valence-corrected chi connectivity index (χ0v) is 16.3. The highest BCUT2D eigenvalue weighted by Gasteiger charge is 2.16. The molecule has 0 aliphatic carbocycles. The number of ether oxygens (including phenoxy) is 1. The van der Waals surface area contributed by atoms with Crippen molar-refractivity contribution in [1.29, 1.82) is 0 Å². The SMILES string of the molecule is CCc1ccccc1NC(=O)CN(C)C(=O)COC(=O)CCc1ccccc1. The lowest BCUT2D eigenvalue weighted by molar-refractivity contribution is -0.151. The van der Waals surface area contributed by atoms with Crippen LogP contribution in [0.2, 0.25) is 0 Å². The van der Waals surface area contributed by atoms with Gasteiger partial charge < -0.3 is 15.0 Å². The first-order valence-electron chi connectivity index (χ1n) is 9.31. The number of esters is 1. The molecule has 0 fully saturated rings. The standard InChI is InChI=1S/C22H26N2O4/c1-3-18-11-7-8-12-19(18)23-20(25)15-24(2)21(26)16-28-22(27)14-13-17-9-5-4-6-10-17/h4-12H,3,13-16H2,1-2H3,(H,23,25). The van der Waals surface area contributed by atoms with Crippen LogP contribution in [0.15, 0.2) is 54.6 Å². The number of nitrogens with zero attached hydrogens (tertiary/aromatic N) is 1. The van der Waals surface area contributed by atoms with Crippen LogP contribution in [0.25, 0.3) is 0 Å². The summed E-state index contributed by atoms with van der Waals surface area (Å²) in [4.78, 5) is 37.3. The highest BCUT2D eigenvalue weighted by molar-refractivity contribution is 5.95. The molecule has 6 nitrogen and oxygen atoms in total. The maximum Gasteiger partial charge on any atom is 0.306 e. The Morgan fingerprint density at radius 2 is 1.68 bits per heavy atom. The van der Waals surface area contributed by atoms with Gasteiger partial charge in [-0.05, 0) is 30.0 Å². The van der Waals surface area contributed by atoms with Crippen LogP contribution in [0.3, 0.4) is 0 Å². The summed E-state index contributed by atoms with van der Waals surface area (Å²) in [7, 11) is 1.51. The smallest absolute Gasteiger partial charge is 0.306 e. The molecule has 148 valence electrons. The molecule has 28 heavy (non-hydrogen) atoms. The molecule has 0 aliphatic heterocycles. The number of likely N-dealkylation sites (N-methyl/N-ethyl adjacent to an activating group) is 1. The number of hydrogen-bond donors (Lipinski definition) is 1. The summed E-state index contributed by atoms with van der Waals surface area (Å²) in [6.45, 7) is 1.52. The third kappa shape index (κ3) is 6.87. The van der Waals surface area contributed by atoms with E-state index in [0.29, 0.717) is 6.42 Å². The van der Waals surface area contributed by atoms with Crippen LogP contribution in [0.5, 0.6) is 0 Å². The lowest BCUT2D eigenvalue weighted by Crippen LogP contribution is -2.37. The van der Waals surface area contributed by atoms with E-state index in [1.165, 1.54) is 11.9 Å². The molecule has 0 spiro atoms. The number of benzene rings is 2. The highest BCUT2D eigenvalue weighted by Crippen LogP contribution is 2.15. The van der Waals surface area contributed by atoms with Crippen LogP contribution < -0.4 is 5.32 Å². The summed E-state index contributed by atoms with van der Waals surface area (Å²) in [5, 5.41) is 2.81. The number of para-hydroxylation sites is 1. The maximum atomic E-state index is 12.2. The molecule has 0 aromatic heterocycles. The van der Waals surface area contributed by atoms with Gasteiger partial charge in [0.2, 0.25) is 5.91 Å². The minimum atomic E-state index is -0.438. The van der Waals surface area contributed by atoms with E-state index < -0.39 is 11.9 Å². The number of nitrogens with one attached hydrogen (secondary N) is 1. The fourth-order valence-electron chi connectivity index (χ4n) is 2.66. The molecular weight excluding hydrogens is 356 g/mol. The number of aryl methyl sites for hydroxylation is 2. The summed E-state index contributed by atoms with van der Waals surface area (Å²) in [5.74, 6) is -1.16. The summed E-state index contributed by atoms with van der Waals surface area (Å²) >= 11 is 0. The number of carbonyl (C=O) groups is 3. The molecule has 0 saturated carbocycles. The van der Waals surface area contributed by atoms with Crippen molar-refractivity contribution in [3.8, 4) is 0 Å². The summed E-state index contributed by atoms with van der Waals surface area (Å²) in [5.41, 5.74) is 2.80. The van der Waals surface area contributed by atoms with Crippen LogP contribution in [0, 0.1) is 0 Å². The molecule has 0 heterocycles. The molecule has 2 amide bonds. The topological polar surface area (TPSA) is 75.7 Å². The van der Waals surface area contributed by atoms with E-state index in [1.807, 2.05) is 61.5 Å². The van der Waals surface area contributed by atoms with Gasteiger partial charge in [-0.15, -0.1) is 0 Å². The molecule has 0 saturated heterocycles. The van der Waals surface area contributed by atoms with Crippen LogP contribution in [-0.2, 0) is 32.0 Å². The Balaban J connectivity index is 1.72. The number of carbonyl (C=O) groups excluding carboxylic acids is 3. The van der Waals surface area contributed by atoms with Crippen molar-refractivity contribution in [2.75, 3.05) is 25.5 Å². The third-order valence-electron chi connectivity index (χ3n) is 4.30. The Bertz CT molecular complexity index is 805. The number of hydrogen-bond acceptors (Lipinski definition) is 4. The van der Waals surface area contributed by atoms with E-state index in [4.69, 9.17) is 4.74 Å². The minimum Gasteiger partial charge on any atom is -0.456 e. The minimum absolute atomic E-state index is 0.113.